The zero-order valence-electron chi connectivity index (χ0n) is 28.3. The normalized spacial score (nSPS) is 34.8. The summed E-state index contributed by atoms with van der Waals surface area (Å²) in [5, 5.41) is 10.9. The third-order valence-electron chi connectivity index (χ3n) is 13.5. The molecular weight excluding hydrogens is 596 g/mol. The molecule has 5 fully saturated rings. The van der Waals surface area contributed by atoms with Gasteiger partial charge in [0.15, 0.2) is 17.4 Å². The van der Waals surface area contributed by atoms with E-state index in [0.29, 0.717) is 48.6 Å². The van der Waals surface area contributed by atoms with E-state index in [1.807, 2.05) is 23.1 Å². The van der Waals surface area contributed by atoms with Crippen molar-refractivity contribution < 1.29 is 28.2 Å². The third-order valence-corrected chi connectivity index (χ3v) is 13.5. The summed E-state index contributed by atoms with van der Waals surface area (Å²) in [6, 6.07) is 9.12. The van der Waals surface area contributed by atoms with Crippen LogP contribution in [0.15, 0.2) is 48.0 Å². The molecule has 1 heterocycles. The van der Waals surface area contributed by atoms with Crippen molar-refractivity contribution in [1.82, 2.24) is 4.90 Å². The van der Waals surface area contributed by atoms with E-state index in [2.05, 4.69) is 33.8 Å². The molecule has 1 amide bonds. The molecule has 1 aliphatic heterocycles. The number of aliphatic hydroxyl groups is 1. The summed E-state index contributed by atoms with van der Waals surface area (Å²) < 4.78 is 34.8. The summed E-state index contributed by atoms with van der Waals surface area (Å²) >= 11 is 0. The molecule has 5 nitrogen and oxygen atoms in total. The van der Waals surface area contributed by atoms with Crippen LogP contribution >= 0.6 is 0 Å². The molecule has 7 aliphatic rings. The highest BCUT2D eigenvalue weighted by atomic mass is 19.2. The molecule has 6 aliphatic carbocycles. The molecule has 1 saturated heterocycles. The van der Waals surface area contributed by atoms with Crippen molar-refractivity contribution >= 4 is 11.9 Å². The second kappa shape index (κ2) is 11.8. The Hall–Kier alpha value is -3.06. The van der Waals surface area contributed by atoms with Crippen LogP contribution in [0.3, 0.4) is 0 Å². The number of carbonyl (C=O) groups excluding carboxylic acids is 2. The van der Waals surface area contributed by atoms with Crippen LogP contribution in [0.5, 0.6) is 0 Å². The van der Waals surface area contributed by atoms with Gasteiger partial charge in [0.25, 0.3) is 0 Å². The molecule has 1 spiro atoms. The Morgan fingerprint density at radius 2 is 1.83 bits per heavy atom. The van der Waals surface area contributed by atoms with E-state index in [-0.39, 0.29) is 23.4 Å². The average molecular weight is 646 g/mol. The first-order chi connectivity index (χ1) is 22.3. The van der Waals surface area contributed by atoms with Gasteiger partial charge in [-0.3, -0.25) is 4.79 Å². The molecule has 7 unspecified atom stereocenters. The Bertz CT molecular complexity index is 1620. The number of benzene rings is 2. The van der Waals surface area contributed by atoms with Crippen molar-refractivity contribution in [3.05, 3.63) is 81.9 Å². The van der Waals surface area contributed by atoms with Gasteiger partial charge in [0.1, 0.15) is 5.60 Å². The number of rotatable bonds is 4. The number of halogens is 2. The Kier molecular flexibility index (Phi) is 8.17. The predicted octanol–water partition coefficient (Wildman–Crippen LogP) is 8.77. The number of ketones is 1. The highest BCUT2D eigenvalue weighted by Gasteiger charge is 2.64. The maximum Gasteiger partial charge on any atom is 0.410 e. The molecule has 2 aromatic rings. The van der Waals surface area contributed by atoms with E-state index < -0.39 is 28.8 Å². The highest BCUT2D eigenvalue weighted by molar-refractivity contribution is 6.10. The van der Waals surface area contributed by atoms with Crippen molar-refractivity contribution in [2.24, 2.45) is 28.6 Å². The summed E-state index contributed by atoms with van der Waals surface area (Å²) in [6.07, 6.45) is 9.88. The SMILES string of the molecule is CC1=CCCC2(C)C(CCC23CN(CC2CCC4CC2C4(C)C)C(=O)O3)c2ccc(cc2C(=O)c2ccc(F)c(F)c2)CC(O)CC1. The van der Waals surface area contributed by atoms with Crippen molar-refractivity contribution in [3.63, 3.8) is 0 Å². The number of nitrogens with zero attached hydrogens (tertiary/aromatic N) is 1. The first kappa shape index (κ1) is 32.5. The van der Waals surface area contributed by atoms with Crippen molar-refractivity contribution in [1.29, 1.82) is 0 Å². The summed E-state index contributed by atoms with van der Waals surface area (Å²) in [6.45, 7) is 10.4. The van der Waals surface area contributed by atoms with Crippen LogP contribution in [-0.4, -0.2) is 46.7 Å². The Morgan fingerprint density at radius 1 is 1.02 bits per heavy atom. The van der Waals surface area contributed by atoms with E-state index in [1.165, 1.54) is 24.5 Å². The summed E-state index contributed by atoms with van der Waals surface area (Å²) in [4.78, 5) is 29.9. The summed E-state index contributed by atoms with van der Waals surface area (Å²) in [5.74, 6) is -0.601. The van der Waals surface area contributed by atoms with Gasteiger partial charge in [0.05, 0.1) is 12.6 Å². The topological polar surface area (TPSA) is 66.8 Å². The average Bonchev–Trinajstić information content (AvgIpc) is 3.50. The van der Waals surface area contributed by atoms with Gasteiger partial charge in [0.2, 0.25) is 0 Å². The number of hydrogen-bond acceptors (Lipinski definition) is 4. The van der Waals surface area contributed by atoms with E-state index in [1.54, 1.807) is 0 Å². The van der Waals surface area contributed by atoms with Gasteiger partial charge in [-0.15, -0.1) is 0 Å². The maximum atomic E-state index is 14.3. The number of carbonyl (C=O) groups is 2. The molecule has 7 heteroatoms. The Morgan fingerprint density at radius 3 is 2.57 bits per heavy atom. The molecule has 2 aromatic carbocycles. The lowest BCUT2D eigenvalue weighted by molar-refractivity contribution is -0.109. The number of amides is 1. The van der Waals surface area contributed by atoms with Crippen molar-refractivity contribution in [2.45, 2.75) is 110 Å². The molecule has 0 aromatic heterocycles. The fourth-order valence-corrected chi connectivity index (χ4v) is 10.4. The van der Waals surface area contributed by atoms with Gasteiger partial charge in [-0.1, -0.05) is 44.6 Å². The zero-order chi connectivity index (χ0) is 33.3. The van der Waals surface area contributed by atoms with E-state index in [0.717, 1.165) is 67.8 Å². The number of aliphatic hydroxyl groups excluding tert-OH is 1. The lowest BCUT2D eigenvalue weighted by Crippen LogP contribution is -2.55. The fraction of sp³-hybridized carbons (Fsp3) is 0.600. The van der Waals surface area contributed by atoms with Crippen molar-refractivity contribution in [3.8, 4) is 0 Å². The van der Waals surface area contributed by atoms with Crippen LogP contribution in [0.1, 0.15) is 118 Å². The summed E-state index contributed by atoms with van der Waals surface area (Å²) in [5.41, 5.74) is 2.61. The van der Waals surface area contributed by atoms with Gasteiger partial charge < -0.3 is 14.7 Å². The lowest BCUT2D eigenvalue weighted by Gasteiger charge is -2.60. The fourth-order valence-electron chi connectivity index (χ4n) is 10.4. The van der Waals surface area contributed by atoms with Crippen LogP contribution in [0.4, 0.5) is 13.6 Å². The third kappa shape index (κ3) is 5.45. The summed E-state index contributed by atoms with van der Waals surface area (Å²) in [7, 11) is 0. The van der Waals surface area contributed by atoms with E-state index >= 15 is 0 Å². The number of hydrogen-bond donors (Lipinski definition) is 1. The molecule has 7 atom stereocenters. The van der Waals surface area contributed by atoms with Gasteiger partial charge >= 0.3 is 6.09 Å². The van der Waals surface area contributed by atoms with Crippen LogP contribution in [0, 0.1) is 40.2 Å². The second-order valence-corrected chi connectivity index (χ2v) is 16.3. The lowest BCUT2D eigenvalue weighted by atomic mass is 9.45. The maximum absolute atomic E-state index is 14.3. The minimum absolute atomic E-state index is 0.0871. The Balaban J connectivity index is 1.26. The van der Waals surface area contributed by atoms with Gasteiger partial charge in [-0.2, -0.15) is 0 Å². The molecule has 4 saturated carbocycles. The Labute approximate surface area is 277 Å². The number of fused-ring (bicyclic) bond motifs is 10. The monoisotopic (exact) mass is 645 g/mol. The van der Waals surface area contributed by atoms with Crippen LogP contribution < -0.4 is 0 Å². The number of ether oxygens (including phenoxy) is 1. The standard InChI is InChI=1S/C40H49F2NO4/c1-24-6-5-16-39(4)32(15-17-40(39)23-43(37(46)47-40)22-27-9-11-28-21-33(27)38(28,2)3)30-13-8-25(18-29(44)12-7-24)19-31(30)36(45)26-10-14-34(41)35(42)20-26/h6,8,10,13-14,19-20,27-29,32-33,44H,5,7,9,11-12,15-18,21-23H2,1-4H3. The van der Waals surface area contributed by atoms with Crippen molar-refractivity contribution in [2.75, 3.05) is 13.1 Å². The first-order valence-electron chi connectivity index (χ1n) is 17.8. The molecule has 0 radical (unpaired) electrons. The van der Waals surface area contributed by atoms with Crippen LogP contribution in [0.2, 0.25) is 0 Å². The minimum Gasteiger partial charge on any atom is -0.440 e. The predicted molar refractivity (Wildman–Crippen MR) is 177 cm³/mol. The molecule has 1 N–H and O–H groups in total. The van der Waals surface area contributed by atoms with E-state index in [9.17, 15) is 23.5 Å². The molecule has 4 bridgehead atoms. The zero-order valence-corrected chi connectivity index (χ0v) is 28.3. The molecular formula is C40H49F2NO4. The highest BCUT2D eigenvalue weighted by Crippen LogP contribution is 2.64. The minimum atomic E-state index is -1.06. The van der Waals surface area contributed by atoms with E-state index in [4.69, 9.17) is 4.74 Å². The quantitative estimate of drug-likeness (QED) is 0.267. The molecule has 9 rings (SSSR count). The van der Waals surface area contributed by atoms with Crippen LogP contribution in [0.25, 0.3) is 0 Å². The smallest absolute Gasteiger partial charge is 0.410 e. The largest absolute Gasteiger partial charge is 0.440 e. The second-order valence-electron chi connectivity index (χ2n) is 16.3. The molecule has 47 heavy (non-hydrogen) atoms. The van der Waals surface area contributed by atoms with Gasteiger partial charge in [0, 0.05) is 23.1 Å². The molecule has 252 valence electrons. The first-order valence-corrected chi connectivity index (χ1v) is 17.8. The van der Waals surface area contributed by atoms with Gasteiger partial charge in [-0.25, -0.2) is 13.6 Å². The van der Waals surface area contributed by atoms with Crippen LogP contribution in [-0.2, 0) is 11.2 Å². The number of allylic oxidation sites excluding steroid dienone is 2. The van der Waals surface area contributed by atoms with Gasteiger partial charge in [-0.05, 0) is 136 Å².